The van der Waals surface area contributed by atoms with Crippen LogP contribution in [-0.2, 0) is 46.3 Å². The topological polar surface area (TPSA) is 234 Å². The Morgan fingerprint density at radius 3 is 2.06 bits per heavy atom. The van der Waals surface area contributed by atoms with E-state index in [9.17, 15) is 38.7 Å². The Labute approximate surface area is 373 Å². The van der Waals surface area contributed by atoms with Crippen LogP contribution in [0.1, 0.15) is 75.1 Å². The average Bonchev–Trinajstić information content (AvgIpc) is 3.25. The summed E-state index contributed by atoms with van der Waals surface area (Å²) in [6.07, 6.45) is 6.25. The molecule has 338 valence electrons. The minimum absolute atomic E-state index is 0.0627. The molecule has 0 fully saturated rings. The molecule has 16 heteroatoms. The first-order valence-corrected chi connectivity index (χ1v) is 21.0. The molecule has 16 nitrogen and oxygen atoms in total. The number of carbonyl (C=O) groups excluding carboxylic acids is 6. The van der Waals surface area contributed by atoms with E-state index in [1.807, 2.05) is 25.1 Å². The number of para-hydroxylation sites is 1. The van der Waals surface area contributed by atoms with Crippen molar-refractivity contribution < 1.29 is 43.4 Å². The predicted molar refractivity (Wildman–Crippen MR) is 243 cm³/mol. The zero-order valence-corrected chi connectivity index (χ0v) is 36.5. The summed E-state index contributed by atoms with van der Waals surface area (Å²) in [5.41, 5.74) is 3.21. The maximum atomic E-state index is 14.0. The predicted octanol–water partition coefficient (Wildman–Crippen LogP) is 5.48. The van der Waals surface area contributed by atoms with Crippen molar-refractivity contribution in [2.24, 2.45) is 0 Å². The number of nitrogens with one attached hydrogen (secondary N) is 6. The van der Waals surface area contributed by atoms with Gasteiger partial charge < -0.3 is 41.7 Å². The Hall–Kier alpha value is -7.36. The highest BCUT2D eigenvalue weighted by Crippen LogP contribution is 2.16. The summed E-state index contributed by atoms with van der Waals surface area (Å²) in [7, 11) is 0. The number of rotatable bonds is 22. The van der Waals surface area contributed by atoms with Gasteiger partial charge in [0, 0.05) is 49.2 Å². The van der Waals surface area contributed by atoms with Crippen LogP contribution in [0.2, 0.25) is 0 Å². The quantitative estimate of drug-likeness (QED) is 0.0299. The van der Waals surface area contributed by atoms with E-state index in [-0.39, 0.29) is 38.1 Å². The molecule has 3 unspecified atom stereocenters. The number of unbranched alkanes of at least 4 members (excludes halogenated alkanes) is 1. The van der Waals surface area contributed by atoms with Crippen LogP contribution in [0.15, 0.2) is 109 Å². The monoisotopic (exact) mass is 875 g/mol. The van der Waals surface area contributed by atoms with Crippen LogP contribution in [-0.4, -0.2) is 82.0 Å². The van der Waals surface area contributed by atoms with E-state index in [0.717, 1.165) is 16.7 Å². The van der Waals surface area contributed by atoms with Crippen molar-refractivity contribution in [2.75, 3.05) is 17.2 Å². The number of hydrogen-bond acceptors (Lipinski definition) is 9. The van der Waals surface area contributed by atoms with Crippen LogP contribution in [0.5, 0.6) is 0 Å². The Morgan fingerprint density at radius 1 is 0.734 bits per heavy atom. The highest BCUT2D eigenvalue weighted by Gasteiger charge is 2.32. The molecule has 6 amide bonds. The van der Waals surface area contributed by atoms with Crippen LogP contribution in [0.4, 0.5) is 16.2 Å². The van der Waals surface area contributed by atoms with Crippen molar-refractivity contribution in [3.8, 4) is 0 Å². The zero-order chi connectivity index (χ0) is 46.5. The Balaban J connectivity index is 1.45. The molecule has 3 aromatic carbocycles. The van der Waals surface area contributed by atoms with Gasteiger partial charge in [0.2, 0.25) is 23.6 Å². The number of aryl methyl sites for hydroxylation is 1. The van der Waals surface area contributed by atoms with Gasteiger partial charge in [-0.2, -0.15) is 0 Å². The molecule has 0 saturated heterocycles. The SMILES string of the molecule is Cc1ccccc1NC(=O)Nc1ccc(CC(=O)NC(CCCCNC(=O)/C=C/c2cccnc2)C(=O)NC(CCC(=O)O)C(=O)NC(Cc2ccccc2)C(=O)OC(C)(C)C)cc1. The van der Waals surface area contributed by atoms with E-state index in [1.54, 1.807) is 112 Å². The maximum absolute atomic E-state index is 14.0. The lowest BCUT2D eigenvalue weighted by Crippen LogP contribution is -2.56. The molecule has 0 spiro atoms. The highest BCUT2D eigenvalue weighted by atomic mass is 16.6. The van der Waals surface area contributed by atoms with Crippen LogP contribution in [0.3, 0.4) is 0 Å². The molecule has 64 heavy (non-hydrogen) atoms. The minimum Gasteiger partial charge on any atom is -0.481 e. The third-order valence-corrected chi connectivity index (χ3v) is 9.52. The van der Waals surface area contributed by atoms with E-state index >= 15 is 0 Å². The summed E-state index contributed by atoms with van der Waals surface area (Å²) < 4.78 is 5.59. The second kappa shape index (κ2) is 24.9. The van der Waals surface area contributed by atoms with Crippen LogP contribution < -0.4 is 31.9 Å². The zero-order valence-electron chi connectivity index (χ0n) is 36.5. The number of esters is 1. The van der Waals surface area contributed by atoms with E-state index in [4.69, 9.17) is 4.74 Å². The number of carbonyl (C=O) groups is 7. The number of ether oxygens (including phenoxy) is 1. The Bertz CT molecular complexity index is 2230. The Kier molecular flexibility index (Phi) is 19.2. The van der Waals surface area contributed by atoms with Gasteiger partial charge >= 0.3 is 18.0 Å². The molecule has 0 aliphatic heterocycles. The first-order chi connectivity index (χ1) is 30.5. The number of carboxylic acid groups (broad SMARTS) is 1. The van der Waals surface area contributed by atoms with E-state index in [2.05, 4.69) is 36.9 Å². The molecular formula is C48H57N7O9. The third-order valence-electron chi connectivity index (χ3n) is 9.52. The summed E-state index contributed by atoms with van der Waals surface area (Å²) >= 11 is 0. The molecule has 1 heterocycles. The third kappa shape index (κ3) is 18.3. The smallest absolute Gasteiger partial charge is 0.329 e. The fourth-order valence-electron chi connectivity index (χ4n) is 6.29. The largest absolute Gasteiger partial charge is 0.481 e. The number of amides is 6. The lowest BCUT2D eigenvalue weighted by Gasteiger charge is -2.27. The van der Waals surface area contributed by atoms with Crippen molar-refractivity contribution >= 4 is 59.0 Å². The van der Waals surface area contributed by atoms with Gasteiger partial charge in [-0.15, -0.1) is 0 Å². The molecule has 0 aliphatic carbocycles. The van der Waals surface area contributed by atoms with Gasteiger partial charge in [-0.05, 0) is 106 Å². The van der Waals surface area contributed by atoms with Gasteiger partial charge in [0.15, 0.2) is 0 Å². The fraction of sp³-hybridized carbons (Fsp3) is 0.333. The summed E-state index contributed by atoms with van der Waals surface area (Å²) in [5, 5.41) is 25.9. The summed E-state index contributed by atoms with van der Waals surface area (Å²) in [5.74, 6) is -4.34. The average molecular weight is 876 g/mol. The minimum atomic E-state index is -1.40. The molecule has 4 rings (SSSR count). The number of aromatic nitrogens is 1. The molecule has 7 N–H and O–H groups in total. The Morgan fingerprint density at radius 2 is 1.41 bits per heavy atom. The number of aliphatic carboxylic acids is 1. The summed E-state index contributed by atoms with van der Waals surface area (Å²) in [6, 6.07) is 22.2. The molecule has 0 aliphatic rings. The molecule has 4 aromatic rings. The highest BCUT2D eigenvalue weighted by molar-refractivity contribution is 6.00. The lowest BCUT2D eigenvalue weighted by atomic mass is 10.0. The fourth-order valence-corrected chi connectivity index (χ4v) is 6.29. The van der Waals surface area contributed by atoms with Crippen LogP contribution >= 0.6 is 0 Å². The molecule has 1 aromatic heterocycles. The summed E-state index contributed by atoms with van der Waals surface area (Å²) in [6.45, 7) is 7.20. The second-order valence-electron chi connectivity index (χ2n) is 16.1. The van der Waals surface area contributed by atoms with Crippen molar-refractivity contribution in [1.29, 1.82) is 0 Å². The van der Waals surface area contributed by atoms with Crippen molar-refractivity contribution in [1.82, 2.24) is 26.3 Å². The van der Waals surface area contributed by atoms with Gasteiger partial charge in [-0.25, -0.2) is 9.59 Å². The molecule has 0 saturated carbocycles. The van der Waals surface area contributed by atoms with Crippen molar-refractivity contribution in [3.05, 3.63) is 132 Å². The first kappa shape index (κ1) is 49.3. The van der Waals surface area contributed by atoms with Gasteiger partial charge in [-0.1, -0.05) is 66.7 Å². The number of anilines is 2. The second-order valence-corrected chi connectivity index (χ2v) is 16.1. The van der Waals surface area contributed by atoms with Crippen molar-refractivity contribution in [3.63, 3.8) is 0 Å². The number of urea groups is 1. The van der Waals surface area contributed by atoms with Gasteiger partial charge in [0.05, 0.1) is 6.42 Å². The number of hydrogen-bond donors (Lipinski definition) is 7. The standard InChI is InChI=1S/C48H57N7O9/c1-32-13-8-9-17-37(32)55-47(63)51-36-22-19-34(20-23-36)30-42(57)52-38(18-10-11-28-50-41(56)25-21-35-16-12-27-49-31-35)44(60)53-39(24-26-43(58)59)45(61)54-40(46(62)64-48(2,3)4)29-33-14-6-5-7-15-33/h5-9,12-17,19-23,25,27,31,38-40H,10-11,18,24,26,28-30H2,1-4H3,(H,50,56)(H,52,57)(H,53,60)(H,54,61)(H,58,59)(H2,51,55,63)/b25-21+. The molecule has 3 atom stereocenters. The molecule has 0 bridgehead atoms. The number of pyridine rings is 1. The summed E-state index contributed by atoms with van der Waals surface area (Å²) in [4.78, 5) is 95.4. The van der Waals surface area contributed by atoms with Gasteiger partial charge in [0.1, 0.15) is 23.7 Å². The first-order valence-electron chi connectivity index (χ1n) is 21.0. The lowest BCUT2D eigenvalue weighted by molar-refractivity contribution is -0.158. The number of benzene rings is 3. The molecule has 0 radical (unpaired) electrons. The van der Waals surface area contributed by atoms with E-state index in [1.165, 1.54) is 6.08 Å². The molecular weight excluding hydrogens is 819 g/mol. The van der Waals surface area contributed by atoms with Crippen LogP contribution in [0, 0.1) is 6.92 Å². The van der Waals surface area contributed by atoms with E-state index in [0.29, 0.717) is 29.8 Å². The van der Waals surface area contributed by atoms with Gasteiger partial charge in [-0.3, -0.25) is 29.0 Å². The van der Waals surface area contributed by atoms with Crippen molar-refractivity contribution in [2.45, 2.75) is 96.4 Å². The van der Waals surface area contributed by atoms with Crippen LogP contribution in [0.25, 0.3) is 6.08 Å². The normalized spacial score (nSPS) is 12.5. The number of carboxylic acids is 1. The van der Waals surface area contributed by atoms with Gasteiger partial charge in [0.25, 0.3) is 0 Å². The number of nitrogens with zero attached hydrogens (tertiary/aromatic N) is 1. The van der Waals surface area contributed by atoms with E-state index < -0.39 is 65.8 Å². The maximum Gasteiger partial charge on any atom is 0.329 e.